The van der Waals surface area contributed by atoms with Gasteiger partial charge < -0.3 is 44.1 Å². The van der Waals surface area contributed by atoms with Crippen LogP contribution in [0.25, 0.3) is 11.3 Å². The van der Waals surface area contributed by atoms with E-state index in [0.717, 1.165) is 16.7 Å². The molecule has 10 rings (SSSR count). The molecule has 2 aromatic heterocycles. The fourth-order valence-corrected chi connectivity index (χ4v) is 10.4. The van der Waals surface area contributed by atoms with Gasteiger partial charge in [-0.15, -0.1) is 0 Å². The predicted molar refractivity (Wildman–Crippen MR) is 271 cm³/mol. The molecule has 2 atom stereocenters. The number of nitrogens with zero attached hydrogens (tertiary/aromatic N) is 7. The van der Waals surface area contributed by atoms with Crippen molar-refractivity contribution in [2.24, 2.45) is 4.99 Å². The van der Waals surface area contributed by atoms with Gasteiger partial charge in [-0.05, 0) is 85.0 Å². The zero-order valence-electron chi connectivity index (χ0n) is 41.5. The molecule has 2 saturated heterocycles. The number of hydrogen-bond acceptors (Lipinski definition) is 14. The van der Waals surface area contributed by atoms with Crippen molar-refractivity contribution < 1.29 is 50.0 Å². The number of benzene rings is 4. The van der Waals surface area contributed by atoms with E-state index in [-0.39, 0.29) is 60.8 Å². The van der Waals surface area contributed by atoms with Crippen molar-refractivity contribution in [2.45, 2.75) is 70.0 Å². The van der Waals surface area contributed by atoms with Gasteiger partial charge >= 0.3 is 12.1 Å². The van der Waals surface area contributed by atoms with Crippen LogP contribution in [0.15, 0.2) is 108 Å². The lowest BCUT2D eigenvalue weighted by molar-refractivity contribution is -0.137. The summed E-state index contributed by atoms with van der Waals surface area (Å²) in [5, 5.41) is 5.99. The van der Waals surface area contributed by atoms with Crippen molar-refractivity contribution in [3.63, 3.8) is 0 Å². The third-order valence-electron chi connectivity index (χ3n) is 14.0. The Hall–Kier alpha value is -7.45. The number of fused-ring (bicyclic) bond motifs is 1. The van der Waals surface area contributed by atoms with Crippen LogP contribution in [-0.4, -0.2) is 89.7 Å². The predicted octanol–water partition coefficient (Wildman–Crippen LogP) is 11.4. The van der Waals surface area contributed by atoms with Crippen LogP contribution in [0.2, 0.25) is 5.02 Å². The van der Waals surface area contributed by atoms with Crippen LogP contribution in [0.5, 0.6) is 23.0 Å². The molecule has 392 valence electrons. The van der Waals surface area contributed by atoms with E-state index in [2.05, 4.69) is 20.6 Å². The van der Waals surface area contributed by atoms with Gasteiger partial charge in [0.25, 0.3) is 5.92 Å². The molecule has 0 radical (unpaired) electrons. The summed E-state index contributed by atoms with van der Waals surface area (Å²) in [6.07, 6.45) is -0.686. The summed E-state index contributed by atoms with van der Waals surface area (Å²) in [6.45, 7) is 3.29. The summed E-state index contributed by atoms with van der Waals surface area (Å²) < 4.78 is 124. The topological polar surface area (TPSA) is 131 Å². The second-order valence-corrected chi connectivity index (χ2v) is 19.2. The summed E-state index contributed by atoms with van der Waals surface area (Å²) in [7, 11) is 4.66. The first-order valence-electron chi connectivity index (χ1n) is 24.0. The number of anilines is 3. The molecule has 2 N–H and O–H groups in total. The molecule has 0 bridgehead atoms. The summed E-state index contributed by atoms with van der Waals surface area (Å²) >= 11 is 7.26. The van der Waals surface area contributed by atoms with Crippen molar-refractivity contribution in [1.29, 1.82) is 0 Å². The number of alkyl halides is 5. The molecule has 6 heterocycles. The maximum absolute atomic E-state index is 18.3. The van der Waals surface area contributed by atoms with E-state index in [0.29, 0.717) is 48.3 Å². The number of methoxy groups -OCH3 is 3. The molecular weight excluding hydrogens is 1000 g/mol. The lowest BCUT2D eigenvalue weighted by atomic mass is 9.85. The lowest BCUT2D eigenvalue weighted by Crippen LogP contribution is -2.58. The average molecular weight is 1060 g/mol. The number of halogens is 7. The molecule has 0 aliphatic carbocycles. The largest absolute Gasteiger partial charge is 0.497 e. The van der Waals surface area contributed by atoms with Crippen LogP contribution < -0.4 is 34.5 Å². The van der Waals surface area contributed by atoms with Crippen molar-refractivity contribution in [3.05, 3.63) is 153 Å². The van der Waals surface area contributed by atoms with Crippen LogP contribution in [0, 0.1) is 12.7 Å². The van der Waals surface area contributed by atoms with Crippen molar-refractivity contribution in [3.8, 4) is 34.3 Å². The summed E-state index contributed by atoms with van der Waals surface area (Å²) in [6, 6.07) is 22.4. The highest BCUT2D eigenvalue weighted by atomic mass is 35.5. The first-order valence-corrected chi connectivity index (χ1v) is 24.4. The number of aromatic nitrogens is 3. The smallest absolute Gasteiger partial charge is 0.418 e. The van der Waals surface area contributed by atoms with Crippen molar-refractivity contribution in [2.75, 3.05) is 63.2 Å². The second kappa shape index (κ2) is 20.3. The molecular formula is C54H52ClF6N9O5. The van der Waals surface area contributed by atoms with Gasteiger partial charge in [0, 0.05) is 45.0 Å². The highest BCUT2D eigenvalue weighted by Gasteiger charge is 2.60. The molecule has 2 fully saturated rings. The first kappa shape index (κ1) is 51.1. The monoisotopic (exact) mass is 1060 g/mol. The third kappa shape index (κ3) is 10.1. The Kier molecular flexibility index (Phi) is 13.9. The number of hydrogen-bond donors (Lipinski definition) is 2. The Labute approximate surface area is 433 Å². The van der Waals surface area contributed by atoms with Crippen molar-refractivity contribution in [1.82, 2.24) is 24.8 Å². The number of aliphatic imine (C=N–C) groups is 1. The van der Waals surface area contributed by atoms with Gasteiger partial charge in [-0.1, -0.05) is 48.0 Å². The minimum absolute atomic E-state index is 0.00224. The standard InChI is InChI=1S/C54H52ClF6N9O5/c1-31-22-39(68(24-34-8-14-37(72-4)15-9-34)25-35-10-16-38(73-5)17-11-35)67-47(43(31)54(59,60)61)41-44(55)48-42-49(45(41)56)75-40(74-29-52-18-21-69(52)28-53(57,58)27-52)26-70(51(42)66-30-65-48)32(2)46-50(63-20-19-62-46)64-23-33-6-12-36(71-3)13-7-33/h6-17,19-20,22,26,32,65H,18,21,23-25,27-30H2,1-5H3,(H,63,64). The Morgan fingerprint density at radius 1 is 0.880 bits per heavy atom. The molecule has 0 saturated carbocycles. The highest BCUT2D eigenvalue weighted by Crippen LogP contribution is 2.52. The molecule has 2 unspecified atom stereocenters. The molecule has 4 aliphatic heterocycles. The minimum Gasteiger partial charge on any atom is -0.497 e. The van der Waals surface area contributed by atoms with Gasteiger partial charge in [0.2, 0.25) is 0 Å². The van der Waals surface area contributed by atoms with Gasteiger partial charge in [0.1, 0.15) is 53.7 Å². The Morgan fingerprint density at radius 3 is 2.07 bits per heavy atom. The van der Waals surface area contributed by atoms with Crippen LogP contribution in [-0.2, 0) is 30.5 Å². The molecule has 0 amide bonds. The van der Waals surface area contributed by atoms with Crippen LogP contribution in [0.1, 0.15) is 64.9 Å². The number of pyridine rings is 1. The first-order chi connectivity index (χ1) is 36.0. The van der Waals surface area contributed by atoms with E-state index < -0.39 is 70.1 Å². The van der Waals surface area contributed by atoms with Gasteiger partial charge in [0.05, 0.1) is 78.7 Å². The van der Waals surface area contributed by atoms with Gasteiger partial charge in [-0.3, -0.25) is 9.88 Å². The molecule has 14 nitrogen and oxygen atoms in total. The average Bonchev–Trinajstić information content (AvgIpc) is 3.50. The normalized spacial score (nSPS) is 17.9. The number of rotatable bonds is 17. The maximum Gasteiger partial charge on any atom is 0.418 e. The number of nitrogens with one attached hydrogen (secondary N) is 2. The summed E-state index contributed by atoms with van der Waals surface area (Å²) in [5.41, 5.74) is -1.19. The van der Waals surface area contributed by atoms with Gasteiger partial charge in [-0.25, -0.2) is 28.1 Å². The molecule has 4 aromatic carbocycles. The molecule has 6 aromatic rings. The van der Waals surface area contributed by atoms with E-state index >= 15 is 17.6 Å². The second-order valence-electron chi connectivity index (χ2n) is 18.8. The minimum atomic E-state index is -5.06. The summed E-state index contributed by atoms with van der Waals surface area (Å²) in [5.74, 6) is -2.74. The number of amidine groups is 1. The number of aryl methyl sites for hydroxylation is 1. The fourth-order valence-electron chi connectivity index (χ4n) is 10.1. The quantitative estimate of drug-likeness (QED) is 0.0841. The zero-order valence-corrected chi connectivity index (χ0v) is 42.3. The Bertz CT molecular complexity index is 3120. The maximum atomic E-state index is 18.3. The van der Waals surface area contributed by atoms with Crippen LogP contribution in [0.4, 0.5) is 43.7 Å². The van der Waals surface area contributed by atoms with Gasteiger partial charge in [0.15, 0.2) is 11.6 Å². The molecule has 0 spiro atoms. The lowest BCUT2D eigenvalue weighted by Gasteiger charge is -2.46. The fraction of sp³-hybridized carbons (Fsp3) is 0.333. The van der Waals surface area contributed by atoms with E-state index in [1.807, 2.05) is 48.5 Å². The zero-order chi connectivity index (χ0) is 52.8. The third-order valence-corrected chi connectivity index (χ3v) is 14.4. The van der Waals surface area contributed by atoms with E-state index in [1.54, 1.807) is 53.0 Å². The van der Waals surface area contributed by atoms with Crippen LogP contribution in [0.3, 0.4) is 0 Å². The number of ether oxygens (including phenoxy) is 5. The Morgan fingerprint density at radius 2 is 1.49 bits per heavy atom. The van der Waals surface area contributed by atoms with Gasteiger partial charge in [-0.2, -0.15) is 13.2 Å². The highest BCUT2D eigenvalue weighted by molar-refractivity contribution is 6.37. The van der Waals surface area contributed by atoms with Crippen molar-refractivity contribution >= 4 is 34.8 Å². The summed E-state index contributed by atoms with van der Waals surface area (Å²) in [4.78, 5) is 23.8. The molecule has 4 aliphatic rings. The van der Waals surface area contributed by atoms with E-state index in [1.165, 1.54) is 45.8 Å². The van der Waals surface area contributed by atoms with E-state index in [4.69, 9.17) is 45.3 Å². The SMILES string of the molecule is COc1ccc(CNc2nccnc2C(C)N2C=C(OCC34CCN3CC(F)(F)C4)Oc3c(F)c(-c4nc(N(Cc5ccc(OC)cc5)Cc5ccc(OC)cc5)cc(C)c4C(F)(F)F)c(Cl)c4c3C2=NCN4)cc1. The van der Waals surface area contributed by atoms with E-state index in [9.17, 15) is 8.78 Å². The molecule has 21 heteroatoms. The van der Waals surface area contributed by atoms with Crippen LogP contribution >= 0.6 is 11.6 Å². The Balaban J connectivity index is 1.10. The molecule has 75 heavy (non-hydrogen) atoms.